The lowest BCUT2D eigenvalue weighted by Gasteiger charge is -2.28. The number of hydrogen-bond donors (Lipinski definition) is 2. The van der Waals surface area contributed by atoms with Crippen molar-refractivity contribution in [3.63, 3.8) is 0 Å². The van der Waals surface area contributed by atoms with Crippen LogP contribution >= 0.6 is 0 Å². The van der Waals surface area contributed by atoms with Gasteiger partial charge >= 0.3 is 0 Å². The average molecular weight is 218 g/mol. The lowest BCUT2D eigenvalue weighted by molar-refractivity contribution is 0.313. The third-order valence-corrected chi connectivity index (χ3v) is 3.83. The van der Waals surface area contributed by atoms with Gasteiger partial charge in [0.25, 0.3) is 0 Å². The normalized spacial score (nSPS) is 25.6. The molecule has 0 atom stereocenters. The van der Waals surface area contributed by atoms with Crippen molar-refractivity contribution in [2.45, 2.75) is 38.0 Å². The summed E-state index contributed by atoms with van der Waals surface area (Å²) in [6, 6.07) is 8.40. The van der Waals surface area contributed by atoms with Crippen molar-refractivity contribution >= 4 is 5.69 Å². The molecule has 0 spiro atoms. The van der Waals surface area contributed by atoms with Crippen LogP contribution in [0.2, 0.25) is 0 Å². The molecule has 0 heterocycles. The van der Waals surface area contributed by atoms with Crippen LogP contribution in [0.1, 0.15) is 43.6 Å². The van der Waals surface area contributed by atoms with Gasteiger partial charge in [0.05, 0.1) is 0 Å². The monoisotopic (exact) mass is 218 g/mol. The van der Waals surface area contributed by atoms with Gasteiger partial charge in [0, 0.05) is 5.69 Å². The molecule has 0 aliphatic heterocycles. The van der Waals surface area contributed by atoms with Gasteiger partial charge in [-0.1, -0.05) is 12.1 Å². The molecule has 0 saturated heterocycles. The Morgan fingerprint density at radius 1 is 1.00 bits per heavy atom. The Morgan fingerprint density at radius 2 is 1.62 bits per heavy atom. The maximum atomic E-state index is 5.70. The number of benzene rings is 1. The van der Waals surface area contributed by atoms with Crippen LogP contribution in [-0.4, -0.2) is 6.54 Å². The minimum atomic E-state index is 0.745. The van der Waals surface area contributed by atoms with E-state index in [2.05, 4.69) is 12.1 Å². The van der Waals surface area contributed by atoms with Gasteiger partial charge in [0.15, 0.2) is 0 Å². The third kappa shape index (κ3) is 2.76. The largest absolute Gasteiger partial charge is 0.399 e. The smallest absolute Gasteiger partial charge is 0.0314 e. The van der Waals surface area contributed by atoms with Gasteiger partial charge in [0.2, 0.25) is 0 Å². The minimum absolute atomic E-state index is 0.745. The van der Waals surface area contributed by atoms with Crippen molar-refractivity contribution in [1.29, 1.82) is 0 Å². The Labute approximate surface area is 98.0 Å². The summed E-state index contributed by atoms with van der Waals surface area (Å²) >= 11 is 0. The van der Waals surface area contributed by atoms with Crippen molar-refractivity contribution in [2.24, 2.45) is 11.7 Å². The highest BCUT2D eigenvalue weighted by atomic mass is 14.5. The predicted molar refractivity (Wildman–Crippen MR) is 69.2 cm³/mol. The Balaban J connectivity index is 1.91. The predicted octanol–water partition coefficient (Wildman–Crippen LogP) is 2.89. The van der Waals surface area contributed by atoms with E-state index in [0.29, 0.717) is 0 Å². The molecule has 1 aromatic carbocycles. The molecule has 1 aromatic rings. The molecule has 0 aromatic heterocycles. The molecule has 2 rings (SSSR count). The lowest BCUT2D eigenvalue weighted by Crippen LogP contribution is -2.16. The SMILES string of the molecule is NCCC1CCC(c2ccc(N)cc2)CC1. The minimum Gasteiger partial charge on any atom is -0.399 e. The molecular formula is C14H22N2. The first-order valence-corrected chi connectivity index (χ1v) is 6.35. The fraction of sp³-hybridized carbons (Fsp3) is 0.571. The van der Waals surface area contributed by atoms with Crippen molar-refractivity contribution in [2.75, 3.05) is 12.3 Å². The van der Waals surface area contributed by atoms with E-state index >= 15 is 0 Å². The molecule has 2 heteroatoms. The Morgan fingerprint density at radius 3 is 2.19 bits per heavy atom. The van der Waals surface area contributed by atoms with Crippen molar-refractivity contribution in [3.8, 4) is 0 Å². The summed E-state index contributed by atoms with van der Waals surface area (Å²) < 4.78 is 0. The van der Waals surface area contributed by atoms with Gasteiger partial charge < -0.3 is 11.5 Å². The van der Waals surface area contributed by atoms with Crippen LogP contribution < -0.4 is 11.5 Å². The van der Waals surface area contributed by atoms with Crippen molar-refractivity contribution < 1.29 is 0 Å². The topological polar surface area (TPSA) is 52.0 Å². The van der Waals surface area contributed by atoms with E-state index in [9.17, 15) is 0 Å². The lowest BCUT2D eigenvalue weighted by atomic mass is 9.77. The van der Waals surface area contributed by atoms with Crippen LogP contribution in [0.4, 0.5) is 5.69 Å². The summed E-state index contributed by atoms with van der Waals surface area (Å²) in [7, 11) is 0. The first-order chi connectivity index (χ1) is 7.79. The zero-order chi connectivity index (χ0) is 11.4. The van der Waals surface area contributed by atoms with E-state index in [4.69, 9.17) is 11.5 Å². The van der Waals surface area contributed by atoms with E-state index in [1.807, 2.05) is 12.1 Å². The Hall–Kier alpha value is -1.02. The summed E-state index contributed by atoms with van der Waals surface area (Å²) in [4.78, 5) is 0. The summed E-state index contributed by atoms with van der Waals surface area (Å²) in [5.41, 5.74) is 13.6. The van der Waals surface area contributed by atoms with E-state index in [0.717, 1.165) is 24.1 Å². The zero-order valence-electron chi connectivity index (χ0n) is 9.86. The zero-order valence-corrected chi connectivity index (χ0v) is 9.86. The third-order valence-electron chi connectivity index (χ3n) is 3.83. The molecule has 0 radical (unpaired) electrons. The second-order valence-corrected chi connectivity index (χ2v) is 4.96. The molecule has 1 aliphatic carbocycles. The molecule has 1 aliphatic rings. The second kappa shape index (κ2) is 5.35. The van der Waals surface area contributed by atoms with Crippen LogP contribution in [0.3, 0.4) is 0 Å². The van der Waals surface area contributed by atoms with Crippen LogP contribution in [-0.2, 0) is 0 Å². The van der Waals surface area contributed by atoms with Crippen LogP contribution in [0.25, 0.3) is 0 Å². The van der Waals surface area contributed by atoms with Gasteiger partial charge in [0.1, 0.15) is 0 Å². The first kappa shape index (κ1) is 11.5. The summed E-state index contributed by atoms with van der Waals surface area (Å²) in [5, 5.41) is 0. The summed E-state index contributed by atoms with van der Waals surface area (Å²) in [5.74, 6) is 1.62. The molecule has 88 valence electrons. The molecule has 0 bridgehead atoms. The maximum Gasteiger partial charge on any atom is 0.0314 e. The van der Waals surface area contributed by atoms with E-state index < -0.39 is 0 Å². The molecule has 16 heavy (non-hydrogen) atoms. The summed E-state index contributed by atoms with van der Waals surface area (Å²) in [6.07, 6.45) is 6.51. The van der Waals surface area contributed by atoms with Crippen molar-refractivity contribution in [3.05, 3.63) is 29.8 Å². The molecule has 2 nitrogen and oxygen atoms in total. The van der Waals surface area contributed by atoms with Gasteiger partial charge in [-0.25, -0.2) is 0 Å². The number of anilines is 1. The fourth-order valence-electron chi connectivity index (χ4n) is 2.79. The van der Waals surface area contributed by atoms with Crippen LogP contribution in [0.15, 0.2) is 24.3 Å². The van der Waals surface area contributed by atoms with Crippen LogP contribution in [0.5, 0.6) is 0 Å². The Kier molecular flexibility index (Phi) is 3.83. The molecule has 1 fully saturated rings. The molecule has 4 N–H and O–H groups in total. The second-order valence-electron chi connectivity index (χ2n) is 4.96. The first-order valence-electron chi connectivity index (χ1n) is 6.35. The van der Waals surface area contributed by atoms with Gasteiger partial charge in [-0.15, -0.1) is 0 Å². The maximum absolute atomic E-state index is 5.70. The fourth-order valence-corrected chi connectivity index (χ4v) is 2.79. The average Bonchev–Trinajstić information content (AvgIpc) is 2.32. The number of nitrogen functional groups attached to an aromatic ring is 1. The molecule has 0 unspecified atom stereocenters. The van der Waals surface area contributed by atoms with Gasteiger partial charge in [-0.2, -0.15) is 0 Å². The standard InChI is InChI=1S/C14H22N2/c15-10-9-11-1-3-12(4-2-11)13-5-7-14(16)8-6-13/h5-8,11-12H,1-4,9-10,15-16H2. The Bertz CT molecular complexity index is 310. The molecule has 1 saturated carbocycles. The highest BCUT2D eigenvalue weighted by molar-refractivity contribution is 5.40. The number of rotatable bonds is 3. The highest BCUT2D eigenvalue weighted by Crippen LogP contribution is 2.36. The van der Waals surface area contributed by atoms with Gasteiger partial charge in [-0.3, -0.25) is 0 Å². The van der Waals surface area contributed by atoms with Gasteiger partial charge in [-0.05, 0) is 68.2 Å². The quantitative estimate of drug-likeness (QED) is 0.766. The van der Waals surface area contributed by atoms with Crippen LogP contribution in [0, 0.1) is 5.92 Å². The summed E-state index contributed by atoms with van der Waals surface area (Å²) in [6.45, 7) is 0.844. The van der Waals surface area contributed by atoms with Crippen molar-refractivity contribution in [1.82, 2.24) is 0 Å². The highest BCUT2D eigenvalue weighted by Gasteiger charge is 2.21. The number of nitrogens with two attached hydrogens (primary N) is 2. The molecular weight excluding hydrogens is 196 g/mol. The molecule has 0 amide bonds. The number of hydrogen-bond acceptors (Lipinski definition) is 2. The van der Waals surface area contributed by atoms with E-state index in [1.54, 1.807) is 0 Å². The van der Waals surface area contributed by atoms with E-state index in [-0.39, 0.29) is 0 Å². The van der Waals surface area contributed by atoms with E-state index in [1.165, 1.54) is 37.7 Å².